The molecule has 0 saturated carbocycles. The van der Waals surface area contributed by atoms with Crippen molar-refractivity contribution >= 4 is 28.8 Å². The number of aromatic nitrogens is 2. The van der Waals surface area contributed by atoms with E-state index in [9.17, 15) is 9.90 Å². The van der Waals surface area contributed by atoms with Gasteiger partial charge in [-0.25, -0.2) is 4.98 Å². The molecule has 0 fully saturated rings. The lowest BCUT2D eigenvalue weighted by Crippen LogP contribution is -2.28. The van der Waals surface area contributed by atoms with Crippen molar-refractivity contribution in [1.82, 2.24) is 9.97 Å². The van der Waals surface area contributed by atoms with Crippen molar-refractivity contribution in [2.45, 2.75) is 10.3 Å². The summed E-state index contributed by atoms with van der Waals surface area (Å²) in [5.74, 6) is -1.14. The molecule has 2 aromatic carbocycles. The third-order valence-corrected chi connectivity index (χ3v) is 4.12. The number of carbonyl (C=O) groups excluding carboxylic acids is 1. The third kappa shape index (κ3) is 3.03. The Labute approximate surface area is 125 Å². The van der Waals surface area contributed by atoms with Crippen LogP contribution in [0.5, 0.6) is 0 Å². The average Bonchev–Trinajstić information content (AvgIpc) is 2.53. The molecule has 3 rings (SSSR count). The average molecular weight is 295 g/mol. The number of hydrogen-bond acceptors (Lipinski definition) is 5. The molecular formula is C16H11N2O2S-. The predicted molar refractivity (Wildman–Crippen MR) is 79.6 cm³/mol. The normalized spacial score (nSPS) is 12.2. The van der Waals surface area contributed by atoms with Gasteiger partial charge < -0.3 is 9.90 Å². The zero-order valence-corrected chi connectivity index (χ0v) is 11.8. The zero-order valence-electron chi connectivity index (χ0n) is 11.0. The summed E-state index contributed by atoms with van der Waals surface area (Å²) in [6.45, 7) is 0. The number of aliphatic carboxylic acids is 1. The van der Waals surface area contributed by atoms with Gasteiger partial charge in [-0.3, -0.25) is 4.98 Å². The van der Waals surface area contributed by atoms with Gasteiger partial charge in [0.2, 0.25) is 0 Å². The second-order valence-corrected chi connectivity index (χ2v) is 5.55. The number of carboxylic acid groups (broad SMARTS) is 1. The van der Waals surface area contributed by atoms with Crippen molar-refractivity contribution in [1.29, 1.82) is 0 Å². The largest absolute Gasteiger partial charge is 0.549 e. The molecule has 21 heavy (non-hydrogen) atoms. The highest BCUT2D eigenvalue weighted by Gasteiger charge is 2.15. The van der Waals surface area contributed by atoms with Gasteiger partial charge in [0.05, 0.1) is 28.4 Å². The van der Waals surface area contributed by atoms with E-state index in [-0.39, 0.29) is 0 Å². The van der Waals surface area contributed by atoms with E-state index in [0.717, 1.165) is 22.8 Å². The lowest BCUT2D eigenvalue weighted by Gasteiger charge is -2.17. The summed E-state index contributed by atoms with van der Waals surface area (Å²) in [5.41, 5.74) is 2.21. The Kier molecular flexibility index (Phi) is 3.83. The molecule has 0 aliphatic carbocycles. The van der Waals surface area contributed by atoms with Crippen LogP contribution in [0.25, 0.3) is 11.0 Å². The first-order valence-corrected chi connectivity index (χ1v) is 7.26. The van der Waals surface area contributed by atoms with Crippen LogP contribution in [0.1, 0.15) is 10.8 Å². The van der Waals surface area contributed by atoms with E-state index in [1.54, 1.807) is 30.5 Å². The molecule has 0 bridgehead atoms. The summed E-state index contributed by atoms with van der Waals surface area (Å²) in [6.07, 6.45) is 1.59. The lowest BCUT2D eigenvalue weighted by atomic mass is 10.1. The monoisotopic (exact) mass is 295 g/mol. The molecule has 0 spiro atoms. The molecule has 5 heteroatoms. The number of hydrogen-bond donors (Lipinski definition) is 0. The molecule has 0 radical (unpaired) electrons. The molecule has 0 aliphatic rings. The molecular weight excluding hydrogens is 284 g/mol. The number of thioether (sulfide) groups is 1. The molecule has 0 N–H and O–H groups in total. The number of benzene rings is 2. The molecule has 0 amide bonds. The van der Waals surface area contributed by atoms with Gasteiger partial charge in [0.15, 0.2) is 0 Å². The summed E-state index contributed by atoms with van der Waals surface area (Å²) in [4.78, 5) is 20.1. The zero-order chi connectivity index (χ0) is 14.7. The van der Waals surface area contributed by atoms with Gasteiger partial charge in [-0.15, -0.1) is 0 Å². The fraction of sp³-hybridized carbons (Fsp3) is 0.0625. The topological polar surface area (TPSA) is 65.9 Å². The van der Waals surface area contributed by atoms with Crippen LogP contribution in [0.4, 0.5) is 0 Å². The molecule has 0 saturated heterocycles. The van der Waals surface area contributed by atoms with Gasteiger partial charge in [0, 0.05) is 0 Å². The highest BCUT2D eigenvalue weighted by molar-refractivity contribution is 8.00. The predicted octanol–water partition coefficient (Wildman–Crippen LogP) is 2.21. The molecule has 0 aliphatic heterocycles. The highest BCUT2D eigenvalue weighted by atomic mass is 32.2. The van der Waals surface area contributed by atoms with Gasteiger partial charge in [-0.05, 0) is 17.7 Å². The van der Waals surface area contributed by atoms with Crippen LogP contribution in [0, 0.1) is 0 Å². The van der Waals surface area contributed by atoms with Crippen molar-refractivity contribution in [2.24, 2.45) is 0 Å². The minimum atomic E-state index is -1.14. The van der Waals surface area contributed by atoms with Crippen LogP contribution in [0.2, 0.25) is 0 Å². The highest BCUT2D eigenvalue weighted by Crippen LogP contribution is 2.33. The Morgan fingerprint density at radius 3 is 2.38 bits per heavy atom. The summed E-state index contributed by atoms with van der Waals surface area (Å²) in [5, 5.41) is 11.1. The van der Waals surface area contributed by atoms with E-state index >= 15 is 0 Å². The van der Waals surface area contributed by atoms with E-state index in [2.05, 4.69) is 9.97 Å². The van der Waals surface area contributed by atoms with Crippen LogP contribution < -0.4 is 5.11 Å². The number of carboxylic acids is 1. The number of rotatable bonds is 4. The number of nitrogens with zero attached hydrogens (tertiary/aromatic N) is 2. The van der Waals surface area contributed by atoms with Crippen LogP contribution >= 0.6 is 11.8 Å². The third-order valence-electron chi connectivity index (χ3n) is 2.98. The molecule has 1 atom stereocenters. The van der Waals surface area contributed by atoms with Crippen LogP contribution in [-0.2, 0) is 4.79 Å². The van der Waals surface area contributed by atoms with Crippen LogP contribution in [-0.4, -0.2) is 15.9 Å². The molecule has 4 nitrogen and oxygen atoms in total. The smallest absolute Gasteiger partial charge is 0.116 e. The Hall–Kier alpha value is -2.40. The Morgan fingerprint density at radius 2 is 1.67 bits per heavy atom. The first-order chi connectivity index (χ1) is 10.2. The summed E-state index contributed by atoms with van der Waals surface area (Å²) >= 11 is 1.13. The van der Waals surface area contributed by atoms with Gasteiger partial charge in [-0.2, -0.15) is 0 Å². The fourth-order valence-corrected chi connectivity index (χ4v) is 2.89. The second kappa shape index (κ2) is 5.93. The Morgan fingerprint density at radius 1 is 1.00 bits per heavy atom. The van der Waals surface area contributed by atoms with E-state index in [0.29, 0.717) is 10.6 Å². The first kappa shape index (κ1) is 13.6. The van der Waals surface area contributed by atoms with Gasteiger partial charge in [0.25, 0.3) is 0 Å². The number of para-hydroxylation sites is 2. The van der Waals surface area contributed by atoms with E-state index < -0.39 is 11.2 Å². The maximum absolute atomic E-state index is 11.4. The van der Waals surface area contributed by atoms with E-state index in [1.165, 1.54) is 0 Å². The Bertz CT molecular complexity index is 777. The number of carbonyl (C=O) groups is 1. The van der Waals surface area contributed by atoms with Crippen molar-refractivity contribution in [2.75, 3.05) is 0 Å². The molecule has 1 heterocycles. The van der Waals surface area contributed by atoms with E-state index in [1.807, 2.05) is 30.3 Å². The van der Waals surface area contributed by atoms with Crippen molar-refractivity contribution in [3.63, 3.8) is 0 Å². The minimum absolute atomic E-state index is 0.562. The van der Waals surface area contributed by atoms with Crippen molar-refractivity contribution < 1.29 is 9.90 Å². The summed E-state index contributed by atoms with van der Waals surface area (Å²) in [6, 6.07) is 16.5. The summed E-state index contributed by atoms with van der Waals surface area (Å²) < 4.78 is 0. The second-order valence-electron chi connectivity index (χ2n) is 4.42. The van der Waals surface area contributed by atoms with Crippen LogP contribution in [0.3, 0.4) is 0 Å². The Balaban J connectivity index is 1.93. The van der Waals surface area contributed by atoms with Crippen molar-refractivity contribution in [3.05, 3.63) is 66.4 Å². The molecule has 3 aromatic rings. The maximum Gasteiger partial charge on any atom is 0.116 e. The van der Waals surface area contributed by atoms with Crippen LogP contribution in [0.15, 0.2) is 65.8 Å². The fourth-order valence-electron chi connectivity index (χ4n) is 2.00. The van der Waals surface area contributed by atoms with Gasteiger partial charge in [0.1, 0.15) is 5.03 Å². The van der Waals surface area contributed by atoms with Crippen molar-refractivity contribution in [3.8, 4) is 0 Å². The maximum atomic E-state index is 11.4. The molecule has 1 aromatic heterocycles. The standard InChI is InChI=1S/C16H12N2O2S/c19-16(20)15(11-6-2-1-3-7-11)21-14-10-17-12-8-4-5-9-13(12)18-14/h1-10,15H,(H,19,20)/p-1/t15-/m1/s1. The van der Waals surface area contributed by atoms with E-state index in [4.69, 9.17) is 0 Å². The minimum Gasteiger partial charge on any atom is -0.549 e. The van der Waals surface area contributed by atoms with Gasteiger partial charge in [-0.1, -0.05) is 54.2 Å². The van der Waals surface area contributed by atoms with Gasteiger partial charge >= 0.3 is 0 Å². The lowest BCUT2D eigenvalue weighted by molar-refractivity contribution is -0.305. The molecule has 104 valence electrons. The first-order valence-electron chi connectivity index (χ1n) is 6.38. The molecule has 0 unspecified atom stereocenters. The number of fused-ring (bicyclic) bond motifs is 1. The quantitative estimate of drug-likeness (QED) is 0.690. The SMILES string of the molecule is O=C([O-])[C@H](Sc1cnc2ccccc2n1)c1ccccc1. The summed E-state index contributed by atoms with van der Waals surface area (Å²) in [7, 11) is 0.